The largest absolute Gasteiger partial charge is 0.497 e. The predicted molar refractivity (Wildman–Crippen MR) is 104 cm³/mol. The summed E-state index contributed by atoms with van der Waals surface area (Å²) in [5.74, 6) is 2.40. The number of amides is 1. The number of hydrogen-bond acceptors (Lipinski definition) is 6. The summed E-state index contributed by atoms with van der Waals surface area (Å²) >= 11 is 0. The summed E-state index contributed by atoms with van der Waals surface area (Å²) in [5, 5.41) is 6.81. The predicted octanol–water partition coefficient (Wildman–Crippen LogP) is 3.18. The van der Waals surface area contributed by atoms with Gasteiger partial charge in [0.15, 0.2) is 0 Å². The molecule has 1 aromatic heterocycles. The number of carbonyl (C=O) groups excluding carboxylic acids is 1. The Morgan fingerprint density at radius 3 is 2.61 bits per heavy atom. The van der Waals surface area contributed by atoms with E-state index in [1.165, 1.54) is 0 Å². The van der Waals surface area contributed by atoms with Crippen molar-refractivity contribution in [1.82, 2.24) is 15.5 Å². The van der Waals surface area contributed by atoms with Crippen LogP contribution in [0.1, 0.15) is 17.9 Å². The average Bonchev–Trinajstić information content (AvgIpc) is 3.19. The molecule has 0 saturated heterocycles. The van der Waals surface area contributed by atoms with Gasteiger partial charge in [0.05, 0.1) is 13.7 Å². The zero-order valence-electron chi connectivity index (χ0n) is 16.0. The van der Waals surface area contributed by atoms with Crippen molar-refractivity contribution < 1.29 is 18.8 Å². The number of benzene rings is 2. The van der Waals surface area contributed by atoms with Crippen molar-refractivity contribution >= 4 is 5.91 Å². The van der Waals surface area contributed by atoms with E-state index in [0.29, 0.717) is 31.3 Å². The summed E-state index contributed by atoms with van der Waals surface area (Å²) in [7, 11) is 1.61. The van der Waals surface area contributed by atoms with Crippen LogP contribution in [0.3, 0.4) is 0 Å². The first kappa shape index (κ1) is 19.4. The summed E-state index contributed by atoms with van der Waals surface area (Å²) in [5.41, 5.74) is 2.00. The first-order valence-electron chi connectivity index (χ1n) is 9.08. The van der Waals surface area contributed by atoms with Gasteiger partial charge in [-0.3, -0.25) is 4.79 Å². The van der Waals surface area contributed by atoms with Crippen LogP contribution in [0.2, 0.25) is 0 Å². The molecule has 3 rings (SSSR count). The van der Waals surface area contributed by atoms with Crippen LogP contribution in [0.4, 0.5) is 0 Å². The molecule has 0 spiro atoms. The van der Waals surface area contributed by atoms with Gasteiger partial charge in [0.25, 0.3) is 0 Å². The highest BCUT2D eigenvalue weighted by Crippen LogP contribution is 2.20. The Balaban J connectivity index is 1.38. The van der Waals surface area contributed by atoms with E-state index in [2.05, 4.69) is 15.5 Å². The maximum atomic E-state index is 12.0. The molecule has 0 saturated carbocycles. The number of nitrogens with one attached hydrogen (secondary N) is 1. The lowest BCUT2D eigenvalue weighted by molar-refractivity contribution is -0.121. The Morgan fingerprint density at radius 1 is 1.11 bits per heavy atom. The van der Waals surface area contributed by atoms with E-state index in [1.54, 1.807) is 7.11 Å². The van der Waals surface area contributed by atoms with Gasteiger partial charge < -0.3 is 19.3 Å². The van der Waals surface area contributed by atoms with Crippen LogP contribution in [0, 0.1) is 6.92 Å². The van der Waals surface area contributed by atoms with Crippen LogP contribution in [-0.4, -0.2) is 36.3 Å². The molecule has 1 amide bonds. The van der Waals surface area contributed by atoms with E-state index in [-0.39, 0.29) is 12.3 Å². The smallest absolute Gasteiger partial charge is 0.227 e. The minimum absolute atomic E-state index is 0.0889. The molecule has 0 aliphatic heterocycles. The molecule has 146 valence electrons. The fraction of sp³-hybridized carbons (Fsp3) is 0.286. The van der Waals surface area contributed by atoms with Crippen LogP contribution >= 0.6 is 0 Å². The Labute approximate surface area is 163 Å². The number of nitrogens with zero attached hydrogens (tertiary/aromatic N) is 2. The molecule has 1 heterocycles. The SMILES string of the molecule is COc1ccc(OCCNC(=O)CCc2nc(-c3ccccc3C)no2)cc1. The summed E-state index contributed by atoms with van der Waals surface area (Å²) < 4.78 is 15.9. The lowest BCUT2D eigenvalue weighted by Crippen LogP contribution is -2.28. The van der Waals surface area contributed by atoms with Crippen molar-refractivity contribution in [1.29, 1.82) is 0 Å². The lowest BCUT2D eigenvalue weighted by Gasteiger charge is -2.08. The van der Waals surface area contributed by atoms with E-state index in [1.807, 2.05) is 55.5 Å². The van der Waals surface area contributed by atoms with Crippen LogP contribution in [0.5, 0.6) is 11.5 Å². The molecule has 0 aliphatic carbocycles. The van der Waals surface area contributed by atoms with Crippen LogP contribution in [-0.2, 0) is 11.2 Å². The molecule has 1 N–H and O–H groups in total. The summed E-state index contributed by atoms with van der Waals surface area (Å²) in [4.78, 5) is 16.3. The second kappa shape index (κ2) is 9.55. The van der Waals surface area contributed by atoms with Crippen LogP contribution < -0.4 is 14.8 Å². The highest BCUT2D eigenvalue weighted by atomic mass is 16.5. The molecule has 0 atom stereocenters. The normalized spacial score (nSPS) is 10.5. The van der Waals surface area contributed by atoms with Gasteiger partial charge in [-0.05, 0) is 36.8 Å². The number of rotatable bonds is 9. The Kier molecular flexibility index (Phi) is 6.62. The topological polar surface area (TPSA) is 86.5 Å². The van der Waals surface area contributed by atoms with Gasteiger partial charge in [-0.25, -0.2) is 0 Å². The molecule has 7 heteroatoms. The van der Waals surface area contributed by atoms with Crippen molar-refractivity contribution in [2.75, 3.05) is 20.3 Å². The molecule has 0 fully saturated rings. The van der Waals surface area contributed by atoms with Gasteiger partial charge in [-0.1, -0.05) is 29.4 Å². The quantitative estimate of drug-likeness (QED) is 0.573. The van der Waals surface area contributed by atoms with Gasteiger partial charge in [0.2, 0.25) is 17.6 Å². The van der Waals surface area contributed by atoms with Gasteiger partial charge in [0, 0.05) is 18.4 Å². The van der Waals surface area contributed by atoms with Gasteiger partial charge in [-0.2, -0.15) is 4.98 Å². The van der Waals surface area contributed by atoms with Crippen molar-refractivity contribution in [3.05, 3.63) is 60.0 Å². The number of hydrogen-bond donors (Lipinski definition) is 1. The Morgan fingerprint density at radius 2 is 1.86 bits per heavy atom. The number of aryl methyl sites for hydroxylation is 2. The second-order valence-electron chi connectivity index (χ2n) is 6.20. The summed E-state index contributed by atoms with van der Waals surface area (Å²) in [6.45, 7) is 2.80. The number of methoxy groups -OCH3 is 1. The molecule has 0 aliphatic rings. The van der Waals surface area contributed by atoms with Gasteiger partial charge in [-0.15, -0.1) is 0 Å². The Bertz CT molecular complexity index is 906. The maximum absolute atomic E-state index is 12.0. The molecule has 3 aromatic rings. The summed E-state index contributed by atoms with van der Waals surface area (Å²) in [6, 6.07) is 15.1. The monoisotopic (exact) mass is 381 g/mol. The van der Waals surface area contributed by atoms with E-state index < -0.39 is 0 Å². The van der Waals surface area contributed by atoms with E-state index in [4.69, 9.17) is 14.0 Å². The van der Waals surface area contributed by atoms with Crippen LogP contribution in [0.25, 0.3) is 11.4 Å². The molecule has 0 unspecified atom stereocenters. The first-order chi connectivity index (χ1) is 13.7. The van der Waals surface area contributed by atoms with E-state index in [9.17, 15) is 4.79 Å². The minimum atomic E-state index is -0.0889. The van der Waals surface area contributed by atoms with Crippen molar-refractivity contribution in [3.63, 3.8) is 0 Å². The molecular formula is C21H23N3O4. The molecule has 0 radical (unpaired) electrons. The number of ether oxygens (including phenoxy) is 2. The minimum Gasteiger partial charge on any atom is -0.497 e. The highest BCUT2D eigenvalue weighted by Gasteiger charge is 2.12. The number of carbonyl (C=O) groups is 1. The molecular weight excluding hydrogens is 358 g/mol. The van der Waals surface area contributed by atoms with Crippen molar-refractivity contribution in [3.8, 4) is 22.9 Å². The third kappa shape index (κ3) is 5.33. The van der Waals surface area contributed by atoms with Crippen molar-refractivity contribution in [2.24, 2.45) is 0 Å². The molecule has 7 nitrogen and oxygen atoms in total. The van der Waals surface area contributed by atoms with Crippen molar-refractivity contribution in [2.45, 2.75) is 19.8 Å². The standard InChI is InChI=1S/C21H23N3O4/c1-15-5-3-4-6-18(15)21-23-20(28-24-21)12-11-19(25)22-13-14-27-17-9-7-16(26-2)8-10-17/h3-10H,11-14H2,1-2H3,(H,22,25). The number of aromatic nitrogens is 2. The van der Waals surface area contributed by atoms with E-state index in [0.717, 1.165) is 22.6 Å². The highest BCUT2D eigenvalue weighted by molar-refractivity contribution is 5.76. The maximum Gasteiger partial charge on any atom is 0.227 e. The molecule has 28 heavy (non-hydrogen) atoms. The lowest BCUT2D eigenvalue weighted by atomic mass is 10.1. The van der Waals surface area contributed by atoms with E-state index >= 15 is 0 Å². The fourth-order valence-corrected chi connectivity index (χ4v) is 2.63. The summed E-state index contributed by atoms with van der Waals surface area (Å²) in [6.07, 6.45) is 0.669. The third-order valence-electron chi connectivity index (χ3n) is 4.17. The fourth-order valence-electron chi connectivity index (χ4n) is 2.63. The molecule has 0 bridgehead atoms. The van der Waals surface area contributed by atoms with Gasteiger partial charge >= 0.3 is 0 Å². The third-order valence-corrected chi connectivity index (χ3v) is 4.17. The zero-order valence-corrected chi connectivity index (χ0v) is 16.0. The average molecular weight is 381 g/mol. The van der Waals surface area contributed by atoms with Crippen LogP contribution in [0.15, 0.2) is 53.1 Å². The molecule has 2 aromatic carbocycles. The Hall–Kier alpha value is -3.35. The zero-order chi connectivity index (χ0) is 19.8. The van der Waals surface area contributed by atoms with Gasteiger partial charge in [0.1, 0.15) is 18.1 Å². The second-order valence-corrected chi connectivity index (χ2v) is 6.20. The first-order valence-corrected chi connectivity index (χ1v) is 9.08.